The third-order valence-electron chi connectivity index (χ3n) is 7.05. The zero-order chi connectivity index (χ0) is 26.1. The van der Waals surface area contributed by atoms with E-state index in [1.165, 1.54) is 0 Å². The minimum absolute atomic E-state index is 0.194. The van der Waals surface area contributed by atoms with E-state index >= 15 is 0 Å². The Bertz CT molecular complexity index is 1640. The molecule has 5 aromatic rings. The minimum atomic E-state index is -0.194. The molecule has 38 heavy (non-hydrogen) atoms. The van der Waals surface area contributed by atoms with Crippen LogP contribution in [0.4, 0.5) is 17.3 Å². The zero-order valence-corrected chi connectivity index (χ0v) is 21.5. The first-order chi connectivity index (χ1) is 18.6. The average Bonchev–Trinajstić information content (AvgIpc) is 3.36. The van der Waals surface area contributed by atoms with E-state index in [-0.39, 0.29) is 5.56 Å². The number of aryl methyl sites for hydroxylation is 1. The third kappa shape index (κ3) is 4.71. The number of aromatic nitrogens is 5. The van der Waals surface area contributed by atoms with Crippen molar-refractivity contribution in [3.05, 3.63) is 70.9 Å². The van der Waals surface area contributed by atoms with Gasteiger partial charge in [-0.1, -0.05) is 0 Å². The van der Waals surface area contributed by atoms with Gasteiger partial charge < -0.3 is 19.9 Å². The lowest BCUT2D eigenvalue weighted by Crippen LogP contribution is -2.47. The summed E-state index contributed by atoms with van der Waals surface area (Å²) in [5.74, 6) is 1.46. The van der Waals surface area contributed by atoms with Gasteiger partial charge in [-0.2, -0.15) is 5.10 Å². The molecule has 0 bridgehead atoms. The molecule has 3 N–H and O–H groups in total. The number of nitrogens with zero attached hydrogens (tertiary/aromatic N) is 5. The zero-order valence-electron chi connectivity index (χ0n) is 21.5. The fourth-order valence-electron chi connectivity index (χ4n) is 4.94. The van der Waals surface area contributed by atoms with Crippen LogP contribution in [-0.2, 0) is 4.74 Å². The van der Waals surface area contributed by atoms with Gasteiger partial charge in [0.1, 0.15) is 5.82 Å². The third-order valence-corrected chi connectivity index (χ3v) is 7.05. The smallest absolute Gasteiger partial charge is 0.259 e. The quantitative estimate of drug-likeness (QED) is 0.304. The van der Waals surface area contributed by atoms with Crippen molar-refractivity contribution < 1.29 is 4.74 Å². The van der Waals surface area contributed by atoms with Crippen LogP contribution in [0.15, 0.2) is 59.7 Å². The number of anilines is 3. The molecule has 1 fully saturated rings. The summed E-state index contributed by atoms with van der Waals surface area (Å²) in [6.45, 7) is 7.46. The van der Waals surface area contributed by atoms with Crippen molar-refractivity contribution in [1.29, 1.82) is 0 Å². The first kappa shape index (κ1) is 24.1. The molecule has 1 aromatic carbocycles. The summed E-state index contributed by atoms with van der Waals surface area (Å²) in [5.41, 5.74) is 4.10. The Balaban J connectivity index is 1.30. The summed E-state index contributed by atoms with van der Waals surface area (Å²) < 4.78 is 5.21. The van der Waals surface area contributed by atoms with Crippen molar-refractivity contribution in [2.75, 3.05) is 56.7 Å². The number of H-pyrrole nitrogens is 2. The van der Waals surface area contributed by atoms with Crippen molar-refractivity contribution in [2.45, 2.75) is 6.92 Å². The summed E-state index contributed by atoms with van der Waals surface area (Å²) in [7, 11) is 1.74. The van der Waals surface area contributed by atoms with Gasteiger partial charge in [0.05, 0.1) is 23.2 Å². The van der Waals surface area contributed by atoms with E-state index in [2.05, 4.69) is 41.3 Å². The second kappa shape index (κ2) is 10.2. The van der Waals surface area contributed by atoms with Crippen molar-refractivity contribution in [3.8, 4) is 11.3 Å². The maximum absolute atomic E-state index is 12.8. The SMILES string of the molecule is COCCN1CCN(c2n[nH]c3cc(Nc4nc(-c5ccc(C)nc5)cc5cc[nH]c(=O)c45)ccc23)CC1. The van der Waals surface area contributed by atoms with Crippen LogP contribution in [0.3, 0.4) is 0 Å². The molecule has 10 heteroatoms. The Morgan fingerprint density at radius 2 is 1.95 bits per heavy atom. The molecule has 1 aliphatic rings. The lowest BCUT2D eigenvalue weighted by molar-refractivity contribution is 0.144. The normalized spacial score (nSPS) is 14.4. The maximum Gasteiger partial charge on any atom is 0.259 e. The Kier molecular flexibility index (Phi) is 6.48. The van der Waals surface area contributed by atoms with Crippen LogP contribution in [0, 0.1) is 6.92 Å². The fourth-order valence-corrected chi connectivity index (χ4v) is 4.94. The molecule has 10 nitrogen and oxygen atoms in total. The number of piperazine rings is 1. The second-order valence-corrected chi connectivity index (χ2v) is 9.57. The molecular weight excluding hydrogens is 480 g/mol. The Morgan fingerprint density at radius 1 is 1.08 bits per heavy atom. The van der Waals surface area contributed by atoms with Gasteiger partial charge in [-0.15, -0.1) is 0 Å². The molecule has 0 atom stereocenters. The molecule has 0 radical (unpaired) electrons. The number of hydrogen-bond donors (Lipinski definition) is 3. The molecule has 4 aromatic heterocycles. The molecule has 0 amide bonds. The molecule has 6 rings (SSSR count). The van der Waals surface area contributed by atoms with Crippen molar-refractivity contribution >= 4 is 39.0 Å². The Morgan fingerprint density at radius 3 is 2.74 bits per heavy atom. The Labute approximate surface area is 219 Å². The maximum atomic E-state index is 12.8. The monoisotopic (exact) mass is 510 g/mol. The molecule has 5 heterocycles. The standard InChI is InChI=1S/C28H30N8O2/c1-18-3-4-20(17-30-18)23-15-19-7-8-29-28(37)25(19)26(32-23)31-21-5-6-22-24(16-21)33-34-27(22)36-11-9-35(10-12-36)13-14-38-2/h3-8,15-17H,9-14H2,1-2H3,(H,29,37)(H,31,32)(H,33,34). The van der Waals surface area contributed by atoms with Crippen LogP contribution < -0.4 is 15.8 Å². The number of methoxy groups -OCH3 is 1. The first-order valence-corrected chi connectivity index (χ1v) is 12.8. The molecule has 1 aliphatic heterocycles. The van der Waals surface area contributed by atoms with Crippen LogP contribution in [0.1, 0.15) is 5.69 Å². The summed E-state index contributed by atoms with van der Waals surface area (Å²) in [6.07, 6.45) is 3.46. The van der Waals surface area contributed by atoms with Crippen LogP contribution in [0.2, 0.25) is 0 Å². The van der Waals surface area contributed by atoms with Gasteiger partial charge in [0.2, 0.25) is 0 Å². The van der Waals surface area contributed by atoms with Crippen molar-refractivity contribution in [1.82, 2.24) is 30.0 Å². The summed E-state index contributed by atoms with van der Waals surface area (Å²) in [6, 6.07) is 13.8. The molecule has 0 saturated carbocycles. The van der Waals surface area contributed by atoms with Gasteiger partial charge in [-0.25, -0.2) is 4.98 Å². The molecule has 0 spiro atoms. The highest BCUT2D eigenvalue weighted by Gasteiger charge is 2.21. The number of nitrogens with one attached hydrogen (secondary N) is 3. The highest BCUT2D eigenvalue weighted by atomic mass is 16.5. The van der Waals surface area contributed by atoms with Crippen LogP contribution in [0.25, 0.3) is 32.9 Å². The van der Waals surface area contributed by atoms with E-state index in [4.69, 9.17) is 9.72 Å². The lowest BCUT2D eigenvalue weighted by atomic mass is 10.1. The first-order valence-electron chi connectivity index (χ1n) is 12.8. The predicted molar refractivity (Wildman–Crippen MR) is 150 cm³/mol. The number of benzene rings is 1. The van der Waals surface area contributed by atoms with Gasteiger partial charge in [0.25, 0.3) is 5.56 Å². The Hall–Kier alpha value is -4.28. The number of ether oxygens (including phenoxy) is 1. The molecule has 194 valence electrons. The van der Waals surface area contributed by atoms with E-state index in [1.54, 1.807) is 19.5 Å². The number of pyridine rings is 3. The molecule has 1 saturated heterocycles. The predicted octanol–water partition coefficient (Wildman–Crippen LogP) is 3.68. The second-order valence-electron chi connectivity index (χ2n) is 9.57. The number of fused-ring (bicyclic) bond motifs is 2. The molecular formula is C28H30N8O2. The minimum Gasteiger partial charge on any atom is -0.383 e. The number of rotatable bonds is 7. The summed E-state index contributed by atoms with van der Waals surface area (Å²) in [5, 5.41) is 13.6. The molecule has 0 aliphatic carbocycles. The summed E-state index contributed by atoms with van der Waals surface area (Å²) in [4.78, 5) is 29.5. The van der Waals surface area contributed by atoms with Crippen LogP contribution in [0.5, 0.6) is 0 Å². The van der Waals surface area contributed by atoms with E-state index < -0.39 is 0 Å². The molecule has 0 unspecified atom stereocenters. The van der Waals surface area contributed by atoms with Gasteiger partial charge >= 0.3 is 0 Å². The van der Waals surface area contributed by atoms with Crippen molar-refractivity contribution in [3.63, 3.8) is 0 Å². The van der Waals surface area contributed by atoms with E-state index in [1.807, 2.05) is 43.3 Å². The van der Waals surface area contributed by atoms with Gasteiger partial charge in [-0.3, -0.25) is 19.8 Å². The van der Waals surface area contributed by atoms with E-state index in [0.717, 1.165) is 84.1 Å². The van der Waals surface area contributed by atoms with Crippen LogP contribution >= 0.6 is 0 Å². The lowest BCUT2D eigenvalue weighted by Gasteiger charge is -2.34. The van der Waals surface area contributed by atoms with Crippen molar-refractivity contribution in [2.24, 2.45) is 0 Å². The fraction of sp³-hybridized carbons (Fsp3) is 0.286. The average molecular weight is 511 g/mol. The topological polar surface area (TPSA) is 115 Å². The van der Waals surface area contributed by atoms with Crippen LogP contribution in [-0.4, -0.2) is 76.5 Å². The van der Waals surface area contributed by atoms with E-state index in [9.17, 15) is 4.79 Å². The number of hydrogen-bond acceptors (Lipinski definition) is 8. The van der Waals surface area contributed by atoms with E-state index in [0.29, 0.717) is 11.2 Å². The summed E-state index contributed by atoms with van der Waals surface area (Å²) >= 11 is 0. The number of aromatic amines is 2. The highest BCUT2D eigenvalue weighted by molar-refractivity contribution is 5.97. The van der Waals surface area contributed by atoms with Gasteiger partial charge in [0, 0.05) is 74.6 Å². The van der Waals surface area contributed by atoms with Gasteiger partial charge in [0.15, 0.2) is 5.82 Å². The largest absolute Gasteiger partial charge is 0.383 e. The highest BCUT2D eigenvalue weighted by Crippen LogP contribution is 2.31. The van der Waals surface area contributed by atoms with Gasteiger partial charge in [-0.05, 0) is 54.8 Å².